The van der Waals surface area contributed by atoms with E-state index in [0.717, 1.165) is 18.7 Å². The van der Waals surface area contributed by atoms with Crippen LogP contribution in [0.15, 0.2) is 39.9 Å². The van der Waals surface area contributed by atoms with Crippen LogP contribution in [-0.4, -0.2) is 45.9 Å². The molecule has 0 saturated carbocycles. The van der Waals surface area contributed by atoms with Gasteiger partial charge < -0.3 is 5.32 Å². The van der Waals surface area contributed by atoms with Gasteiger partial charge in [0.05, 0.1) is 21.5 Å². The second-order valence-electron chi connectivity index (χ2n) is 5.85. The predicted molar refractivity (Wildman–Crippen MR) is 110 cm³/mol. The fourth-order valence-corrected chi connectivity index (χ4v) is 4.50. The van der Waals surface area contributed by atoms with Gasteiger partial charge in [-0.05, 0) is 60.7 Å². The first kappa shape index (κ1) is 21.8. The second kappa shape index (κ2) is 9.66. The van der Waals surface area contributed by atoms with E-state index in [1.54, 1.807) is 11.3 Å². The molecule has 1 aromatic carbocycles. The van der Waals surface area contributed by atoms with Crippen LogP contribution < -0.4 is 10.0 Å². The molecule has 1 unspecified atom stereocenters. The molecule has 6 nitrogen and oxygen atoms in total. The van der Waals surface area contributed by atoms with Gasteiger partial charge in [-0.2, -0.15) is 11.3 Å². The number of thiophene rings is 1. The smallest absolute Gasteiger partial charge is 0.252 e. The van der Waals surface area contributed by atoms with Gasteiger partial charge in [0.15, 0.2) is 0 Å². The minimum atomic E-state index is -3.65. The Morgan fingerprint density at radius 3 is 2.52 bits per heavy atom. The summed E-state index contributed by atoms with van der Waals surface area (Å²) in [6.07, 6.45) is 0. The van der Waals surface area contributed by atoms with Crippen molar-refractivity contribution < 1.29 is 13.2 Å². The van der Waals surface area contributed by atoms with E-state index in [9.17, 15) is 13.2 Å². The van der Waals surface area contributed by atoms with Crippen LogP contribution in [0.1, 0.15) is 35.8 Å². The summed E-state index contributed by atoms with van der Waals surface area (Å²) in [4.78, 5) is 14.9. The van der Waals surface area contributed by atoms with E-state index in [1.165, 1.54) is 25.2 Å². The number of carbonyl (C=O) groups is 1. The first-order chi connectivity index (χ1) is 12.8. The lowest BCUT2D eigenvalue weighted by atomic mass is 10.1. The quantitative estimate of drug-likeness (QED) is 0.641. The van der Waals surface area contributed by atoms with E-state index in [-0.39, 0.29) is 21.5 Å². The molecule has 0 bridgehead atoms. The van der Waals surface area contributed by atoms with Crippen molar-refractivity contribution in [3.63, 3.8) is 0 Å². The minimum Gasteiger partial charge on any atom is -0.350 e. The molecule has 1 atom stereocenters. The molecule has 0 saturated heterocycles. The summed E-state index contributed by atoms with van der Waals surface area (Å²) in [5, 5.41) is 7.19. The van der Waals surface area contributed by atoms with Gasteiger partial charge in [0.2, 0.25) is 10.0 Å². The molecule has 0 spiro atoms. The maximum atomic E-state index is 12.7. The van der Waals surface area contributed by atoms with Crippen LogP contribution >= 0.6 is 22.9 Å². The van der Waals surface area contributed by atoms with Gasteiger partial charge in [-0.15, -0.1) is 0 Å². The number of hydrogen-bond acceptors (Lipinski definition) is 5. The first-order valence-corrected chi connectivity index (χ1v) is 11.4. The number of nitrogens with zero attached hydrogens (tertiary/aromatic N) is 1. The van der Waals surface area contributed by atoms with Crippen molar-refractivity contribution in [3.05, 3.63) is 51.2 Å². The van der Waals surface area contributed by atoms with Gasteiger partial charge in [0.25, 0.3) is 5.91 Å². The highest BCUT2D eigenvalue weighted by molar-refractivity contribution is 7.89. The number of rotatable bonds is 9. The maximum absolute atomic E-state index is 12.7. The molecule has 9 heteroatoms. The fourth-order valence-electron chi connectivity index (χ4n) is 2.83. The Hall–Kier alpha value is -1.45. The van der Waals surface area contributed by atoms with E-state index in [1.807, 2.05) is 11.4 Å². The maximum Gasteiger partial charge on any atom is 0.252 e. The van der Waals surface area contributed by atoms with Crippen LogP contribution in [0, 0.1) is 0 Å². The number of likely N-dealkylation sites (N-methyl/N-ethyl adjacent to an activating group) is 1. The highest BCUT2D eigenvalue weighted by Crippen LogP contribution is 2.24. The molecule has 0 aliphatic heterocycles. The summed E-state index contributed by atoms with van der Waals surface area (Å²) in [6.45, 7) is 6.25. The van der Waals surface area contributed by atoms with Crippen LogP contribution in [0.5, 0.6) is 0 Å². The monoisotopic (exact) mass is 429 g/mol. The van der Waals surface area contributed by atoms with E-state index in [2.05, 4.69) is 34.2 Å². The fraction of sp³-hybridized carbons (Fsp3) is 0.389. The normalized spacial score (nSPS) is 12.9. The molecular formula is C18H24ClN3O3S2. The van der Waals surface area contributed by atoms with Crippen molar-refractivity contribution >= 4 is 38.9 Å². The number of amides is 1. The Bertz CT molecular complexity index is 866. The summed E-state index contributed by atoms with van der Waals surface area (Å²) in [5.41, 5.74) is 1.28. The van der Waals surface area contributed by atoms with Crippen molar-refractivity contribution in [2.75, 3.05) is 26.7 Å². The zero-order valence-electron chi connectivity index (χ0n) is 15.5. The molecule has 1 amide bonds. The minimum absolute atomic E-state index is 0.00215. The molecule has 0 aliphatic rings. The molecule has 0 radical (unpaired) electrons. The summed E-state index contributed by atoms with van der Waals surface area (Å²) >= 11 is 7.74. The van der Waals surface area contributed by atoms with Crippen LogP contribution in [-0.2, 0) is 10.0 Å². The molecule has 1 heterocycles. The summed E-state index contributed by atoms with van der Waals surface area (Å²) in [5.74, 6) is -0.402. The number of halogens is 1. The number of sulfonamides is 1. The van der Waals surface area contributed by atoms with Gasteiger partial charge in [0, 0.05) is 6.54 Å². The van der Waals surface area contributed by atoms with E-state index < -0.39 is 15.9 Å². The summed E-state index contributed by atoms with van der Waals surface area (Å²) in [6, 6.07) is 6.17. The third-order valence-electron chi connectivity index (χ3n) is 4.40. The Morgan fingerprint density at radius 2 is 1.96 bits per heavy atom. The lowest BCUT2D eigenvalue weighted by Gasteiger charge is -2.29. The van der Waals surface area contributed by atoms with Crippen LogP contribution in [0.25, 0.3) is 0 Å². The van der Waals surface area contributed by atoms with Crippen molar-refractivity contribution in [2.24, 2.45) is 0 Å². The van der Waals surface area contributed by atoms with Gasteiger partial charge >= 0.3 is 0 Å². The van der Waals surface area contributed by atoms with Crippen LogP contribution in [0.3, 0.4) is 0 Å². The molecule has 0 fully saturated rings. The molecular weight excluding hydrogens is 406 g/mol. The van der Waals surface area contributed by atoms with E-state index >= 15 is 0 Å². The van der Waals surface area contributed by atoms with Crippen molar-refractivity contribution in [3.8, 4) is 0 Å². The highest BCUT2D eigenvalue weighted by atomic mass is 35.5. The Labute approximate surface area is 169 Å². The molecule has 1 aromatic heterocycles. The number of benzene rings is 1. The standard InChI is InChI=1S/C18H24ClN3O3S2/c1-4-22(5-2)17(13-8-9-26-12-13)11-21-18(23)15-10-14(6-7-16(15)19)27(24,25)20-3/h6-10,12,17,20H,4-5,11H2,1-3H3,(H,21,23). The SMILES string of the molecule is CCN(CC)C(CNC(=O)c1cc(S(=O)(=O)NC)ccc1Cl)c1ccsc1. The number of nitrogens with one attached hydrogen (secondary N) is 2. The van der Waals surface area contributed by atoms with Crippen molar-refractivity contribution in [1.82, 2.24) is 14.9 Å². The third-order valence-corrected chi connectivity index (χ3v) is 6.84. The van der Waals surface area contributed by atoms with E-state index in [4.69, 9.17) is 11.6 Å². The molecule has 2 rings (SSSR count). The average Bonchev–Trinajstić information content (AvgIpc) is 3.19. The lowest BCUT2D eigenvalue weighted by Crippen LogP contribution is -2.38. The second-order valence-corrected chi connectivity index (χ2v) is 8.93. The molecule has 27 heavy (non-hydrogen) atoms. The van der Waals surface area contributed by atoms with Gasteiger partial charge in [-0.3, -0.25) is 9.69 Å². The molecule has 148 valence electrons. The Balaban J connectivity index is 2.22. The van der Waals surface area contributed by atoms with Gasteiger partial charge in [-0.1, -0.05) is 25.4 Å². The van der Waals surface area contributed by atoms with Gasteiger partial charge in [0.1, 0.15) is 0 Å². The summed E-state index contributed by atoms with van der Waals surface area (Å²) in [7, 11) is -2.34. The van der Waals surface area contributed by atoms with Crippen LogP contribution in [0.4, 0.5) is 0 Å². The van der Waals surface area contributed by atoms with Crippen LogP contribution in [0.2, 0.25) is 5.02 Å². The number of hydrogen-bond donors (Lipinski definition) is 2. The predicted octanol–water partition coefficient (Wildman–Crippen LogP) is 3.12. The van der Waals surface area contributed by atoms with Gasteiger partial charge in [-0.25, -0.2) is 13.1 Å². The number of carbonyl (C=O) groups excluding carboxylic acids is 1. The zero-order chi connectivity index (χ0) is 20.0. The van der Waals surface area contributed by atoms with E-state index in [0.29, 0.717) is 6.54 Å². The molecule has 0 aliphatic carbocycles. The lowest BCUT2D eigenvalue weighted by molar-refractivity contribution is 0.0935. The highest BCUT2D eigenvalue weighted by Gasteiger charge is 2.21. The third kappa shape index (κ3) is 5.30. The zero-order valence-corrected chi connectivity index (χ0v) is 17.9. The Morgan fingerprint density at radius 1 is 1.26 bits per heavy atom. The largest absolute Gasteiger partial charge is 0.350 e. The Kier molecular flexibility index (Phi) is 7.81. The van der Waals surface area contributed by atoms with Crippen molar-refractivity contribution in [2.45, 2.75) is 24.8 Å². The molecule has 2 aromatic rings. The first-order valence-electron chi connectivity index (χ1n) is 8.61. The average molecular weight is 430 g/mol. The topological polar surface area (TPSA) is 78.5 Å². The molecule has 2 N–H and O–H groups in total. The van der Waals surface area contributed by atoms with Crippen molar-refractivity contribution in [1.29, 1.82) is 0 Å². The summed E-state index contributed by atoms with van der Waals surface area (Å²) < 4.78 is 26.2.